The number of amides is 1. The van der Waals surface area contributed by atoms with E-state index in [0.29, 0.717) is 0 Å². The molecule has 1 saturated heterocycles. The number of nitrogens with zero attached hydrogens (tertiary/aromatic N) is 2. The lowest BCUT2D eigenvalue weighted by atomic mass is 9.79. The van der Waals surface area contributed by atoms with Crippen LogP contribution in [-0.2, 0) is 4.79 Å². The van der Waals surface area contributed by atoms with Gasteiger partial charge in [-0.2, -0.15) is 0 Å². The minimum Gasteiger partial charge on any atom is -0.340 e. The first-order chi connectivity index (χ1) is 10.9. The van der Waals surface area contributed by atoms with Crippen LogP contribution in [0.4, 0.5) is 0 Å². The molecular weight excluding hydrogens is 357 g/mol. The van der Waals surface area contributed by atoms with E-state index in [4.69, 9.17) is 5.73 Å². The zero-order chi connectivity index (χ0) is 17.0. The van der Waals surface area contributed by atoms with Gasteiger partial charge >= 0.3 is 0 Å². The van der Waals surface area contributed by atoms with Gasteiger partial charge in [-0.3, -0.25) is 9.69 Å². The fourth-order valence-electron chi connectivity index (χ4n) is 3.47. The van der Waals surface area contributed by atoms with Gasteiger partial charge in [0.15, 0.2) is 0 Å². The van der Waals surface area contributed by atoms with Crippen molar-refractivity contribution in [3.05, 3.63) is 35.9 Å². The van der Waals surface area contributed by atoms with Crippen LogP contribution in [0.15, 0.2) is 30.3 Å². The highest BCUT2D eigenvalue weighted by Gasteiger charge is 2.38. The predicted molar refractivity (Wildman–Crippen MR) is 110 cm³/mol. The van der Waals surface area contributed by atoms with Gasteiger partial charge in [0.2, 0.25) is 5.91 Å². The minimum absolute atomic E-state index is 0. The molecule has 2 atom stereocenters. The molecule has 0 spiro atoms. The van der Waals surface area contributed by atoms with E-state index >= 15 is 0 Å². The second kappa shape index (κ2) is 10.4. The van der Waals surface area contributed by atoms with E-state index in [-0.39, 0.29) is 48.2 Å². The Balaban J connectivity index is 0.00000288. The van der Waals surface area contributed by atoms with Gasteiger partial charge in [-0.25, -0.2) is 0 Å². The molecule has 2 rings (SSSR count). The Morgan fingerprint density at radius 3 is 2.28 bits per heavy atom. The molecule has 0 bridgehead atoms. The maximum absolute atomic E-state index is 13.3. The Morgan fingerprint density at radius 1 is 1.24 bits per heavy atom. The predicted octanol–water partition coefficient (Wildman–Crippen LogP) is 3.50. The normalized spacial score (nSPS) is 20.4. The third kappa shape index (κ3) is 5.58. The second-order valence-corrected chi connectivity index (χ2v) is 7.18. The van der Waals surface area contributed by atoms with E-state index in [1.807, 2.05) is 23.1 Å². The molecule has 2 N–H and O–H groups in total. The zero-order valence-electron chi connectivity index (χ0n) is 15.8. The van der Waals surface area contributed by atoms with Crippen molar-refractivity contribution in [1.82, 2.24) is 9.80 Å². The molecule has 0 aromatic heterocycles. The number of piperidine rings is 1. The molecule has 2 unspecified atom stereocenters. The van der Waals surface area contributed by atoms with Crippen molar-refractivity contribution in [3.8, 4) is 0 Å². The number of hydrogen-bond donors (Lipinski definition) is 1. The molecule has 1 aromatic carbocycles. The minimum atomic E-state index is -0.198. The summed E-state index contributed by atoms with van der Waals surface area (Å²) in [5.41, 5.74) is 7.27. The van der Waals surface area contributed by atoms with Gasteiger partial charge in [0, 0.05) is 19.1 Å². The van der Waals surface area contributed by atoms with Gasteiger partial charge in [0.1, 0.15) is 6.04 Å². The summed E-state index contributed by atoms with van der Waals surface area (Å²) in [5.74, 6) is 0.208. The summed E-state index contributed by atoms with van der Waals surface area (Å²) in [7, 11) is 0. The van der Waals surface area contributed by atoms with Crippen molar-refractivity contribution in [2.75, 3.05) is 26.2 Å². The van der Waals surface area contributed by atoms with Crippen molar-refractivity contribution in [3.63, 3.8) is 0 Å². The zero-order valence-corrected chi connectivity index (χ0v) is 17.4. The number of likely N-dealkylation sites (N-methyl/N-ethyl adjacent to an activating group) is 1. The lowest BCUT2D eigenvalue weighted by Crippen LogP contribution is -2.56. The first-order valence-electron chi connectivity index (χ1n) is 8.74. The first kappa shape index (κ1) is 24.2. The number of benzene rings is 1. The smallest absolute Gasteiger partial charge is 0.244 e. The third-order valence-electron chi connectivity index (χ3n) is 5.15. The molecule has 0 aliphatic carbocycles. The molecule has 1 amide bonds. The molecule has 1 heterocycles. The molecule has 6 heteroatoms. The quantitative estimate of drug-likeness (QED) is 0.837. The van der Waals surface area contributed by atoms with E-state index in [2.05, 4.69) is 44.7 Å². The van der Waals surface area contributed by atoms with E-state index in [1.165, 1.54) is 0 Å². The van der Waals surface area contributed by atoms with Crippen LogP contribution in [0.3, 0.4) is 0 Å². The van der Waals surface area contributed by atoms with Gasteiger partial charge in [-0.15, -0.1) is 24.8 Å². The number of hydrogen-bond acceptors (Lipinski definition) is 3. The summed E-state index contributed by atoms with van der Waals surface area (Å²) in [6, 6.07) is 10.1. The van der Waals surface area contributed by atoms with Crippen LogP contribution in [0.1, 0.15) is 45.7 Å². The van der Waals surface area contributed by atoms with Crippen LogP contribution in [0.5, 0.6) is 0 Å². The number of halogens is 2. The van der Waals surface area contributed by atoms with Gasteiger partial charge < -0.3 is 10.6 Å². The molecule has 1 aliphatic rings. The summed E-state index contributed by atoms with van der Waals surface area (Å²) < 4.78 is 0. The number of nitrogens with two attached hydrogens (primary N) is 1. The van der Waals surface area contributed by atoms with Gasteiger partial charge in [-0.05, 0) is 30.5 Å². The summed E-state index contributed by atoms with van der Waals surface area (Å²) >= 11 is 0. The molecule has 0 saturated carbocycles. The average Bonchev–Trinajstić information content (AvgIpc) is 2.55. The third-order valence-corrected chi connectivity index (χ3v) is 5.15. The van der Waals surface area contributed by atoms with E-state index in [9.17, 15) is 4.79 Å². The Bertz CT molecular complexity index is 521. The SMILES string of the molecule is CCN(CC)C(C(=O)N1CCC(N)C(C)(C)C1)c1ccccc1.Cl.Cl. The highest BCUT2D eigenvalue weighted by molar-refractivity contribution is 5.85. The Labute approximate surface area is 164 Å². The number of rotatable bonds is 5. The molecule has 1 aliphatic heterocycles. The maximum Gasteiger partial charge on any atom is 0.244 e. The van der Waals surface area contributed by atoms with Crippen molar-refractivity contribution in [1.29, 1.82) is 0 Å². The molecule has 1 fully saturated rings. The van der Waals surface area contributed by atoms with Crippen molar-refractivity contribution >= 4 is 30.7 Å². The molecule has 144 valence electrons. The number of carbonyl (C=O) groups is 1. The molecule has 4 nitrogen and oxygen atoms in total. The van der Waals surface area contributed by atoms with Crippen LogP contribution >= 0.6 is 24.8 Å². The molecule has 25 heavy (non-hydrogen) atoms. The van der Waals surface area contributed by atoms with Crippen molar-refractivity contribution < 1.29 is 4.79 Å². The summed E-state index contributed by atoms with van der Waals surface area (Å²) in [4.78, 5) is 17.5. The second-order valence-electron chi connectivity index (χ2n) is 7.18. The van der Waals surface area contributed by atoms with Gasteiger partial charge in [0.05, 0.1) is 0 Å². The largest absolute Gasteiger partial charge is 0.340 e. The molecule has 1 aromatic rings. The monoisotopic (exact) mass is 389 g/mol. The first-order valence-corrected chi connectivity index (χ1v) is 8.74. The van der Waals surface area contributed by atoms with Crippen LogP contribution in [0.2, 0.25) is 0 Å². The highest BCUT2D eigenvalue weighted by Crippen LogP contribution is 2.31. The van der Waals surface area contributed by atoms with Crippen LogP contribution in [-0.4, -0.2) is 47.9 Å². The number of likely N-dealkylation sites (tertiary alicyclic amines) is 1. The van der Waals surface area contributed by atoms with E-state index < -0.39 is 0 Å². The topological polar surface area (TPSA) is 49.6 Å². The average molecular weight is 390 g/mol. The van der Waals surface area contributed by atoms with Crippen molar-refractivity contribution in [2.24, 2.45) is 11.1 Å². The molecular formula is C19H33Cl2N3O. The van der Waals surface area contributed by atoms with Gasteiger partial charge in [-0.1, -0.05) is 58.0 Å². The lowest BCUT2D eigenvalue weighted by molar-refractivity contribution is -0.140. The summed E-state index contributed by atoms with van der Waals surface area (Å²) in [6.07, 6.45) is 0.874. The van der Waals surface area contributed by atoms with E-state index in [1.54, 1.807) is 0 Å². The summed E-state index contributed by atoms with van der Waals surface area (Å²) in [5, 5.41) is 0. The Kier molecular flexibility index (Phi) is 10.0. The fraction of sp³-hybridized carbons (Fsp3) is 0.632. The fourth-order valence-corrected chi connectivity index (χ4v) is 3.47. The van der Waals surface area contributed by atoms with E-state index in [0.717, 1.165) is 38.2 Å². The molecule has 0 radical (unpaired) electrons. The van der Waals surface area contributed by atoms with Crippen LogP contribution in [0.25, 0.3) is 0 Å². The number of carbonyl (C=O) groups excluding carboxylic acids is 1. The van der Waals surface area contributed by atoms with Crippen LogP contribution in [0, 0.1) is 5.41 Å². The Hall–Kier alpha value is -0.810. The summed E-state index contributed by atoms with van der Waals surface area (Å²) in [6.45, 7) is 11.8. The standard InChI is InChI=1S/C19H31N3O.2ClH/c1-5-21(6-2)17(15-10-8-7-9-11-15)18(23)22-13-12-16(20)19(3,4)14-22;;/h7-11,16-17H,5-6,12-14,20H2,1-4H3;2*1H. The highest BCUT2D eigenvalue weighted by atomic mass is 35.5. The van der Waals surface area contributed by atoms with Crippen molar-refractivity contribution in [2.45, 2.75) is 46.2 Å². The van der Waals surface area contributed by atoms with Crippen LogP contribution < -0.4 is 5.73 Å². The Morgan fingerprint density at radius 2 is 1.80 bits per heavy atom. The van der Waals surface area contributed by atoms with Gasteiger partial charge in [0.25, 0.3) is 0 Å². The lowest BCUT2D eigenvalue weighted by Gasteiger charge is -2.44. The maximum atomic E-state index is 13.3.